The molecular weight excluding hydrogens is 288 g/mol. The zero-order valence-corrected chi connectivity index (χ0v) is 14.0. The minimum atomic E-state index is -0.149. The number of guanidine groups is 1. The lowest BCUT2D eigenvalue weighted by atomic mass is 10.1. The average molecular weight is 316 g/mol. The molecule has 1 aliphatic rings. The lowest BCUT2D eigenvalue weighted by molar-refractivity contribution is -0.114. The van der Waals surface area contributed by atoms with Gasteiger partial charge < -0.3 is 16.4 Å². The Hall–Kier alpha value is -2.04. The van der Waals surface area contributed by atoms with Gasteiger partial charge in [-0.25, -0.2) is 4.99 Å². The van der Waals surface area contributed by atoms with Gasteiger partial charge in [0.15, 0.2) is 5.96 Å². The number of hydrogen-bond donors (Lipinski definition) is 3. The monoisotopic (exact) mass is 316 g/mol. The van der Waals surface area contributed by atoms with Crippen molar-refractivity contribution < 1.29 is 4.79 Å². The molecule has 0 bridgehead atoms. The number of aliphatic imine (C=N–C) groups is 1. The van der Waals surface area contributed by atoms with Gasteiger partial charge in [0.25, 0.3) is 0 Å². The molecular formula is C18H28N4O. The maximum Gasteiger partial charge on any atom is 0.246 e. The molecule has 1 saturated carbocycles. The first-order valence-electron chi connectivity index (χ1n) is 8.62. The molecule has 0 heterocycles. The molecule has 2 rings (SSSR count). The minimum absolute atomic E-state index is 0.0436. The summed E-state index contributed by atoms with van der Waals surface area (Å²) in [5.74, 6) is 0.221. The molecule has 1 aliphatic carbocycles. The third-order valence-electron chi connectivity index (χ3n) is 4.22. The first-order chi connectivity index (χ1) is 11.2. The van der Waals surface area contributed by atoms with E-state index in [1.807, 2.05) is 24.3 Å². The van der Waals surface area contributed by atoms with Gasteiger partial charge in [-0.05, 0) is 37.0 Å². The van der Waals surface area contributed by atoms with Crippen molar-refractivity contribution in [3.63, 3.8) is 0 Å². The van der Waals surface area contributed by atoms with Crippen molar-refractivity contribution in [1.29, 1.82) is 0 Å². The molecule has 1 fully saturated rings. The summed E-state index contributed by atoms with van der Waals surface area (Å²) in [6.07, 6.45) is 8.28. The number of anilines is 1. The molecule has 1 amide bonds. The number of nitrogens with one attached hydrogen (secondary N) is 2. The topological polar surface area (TPSA) is 79.5 Å². The molecule has 0 spiro atoms. The average Bonchev–Trinajstić information content (AvgIpc) is 2.82. The number of carbonyl (C=O) groups excluding carboxylic acids is 1. The van der Waals surface area contributed by atoms with Crippen LogP contribution >= 0.6 is 0 Å². The number of carbonyl (C=O) groups is 1. The Labute approximate surface area is 138 Å². The van der Waals surface area contributed by atoms with Crippen molar-refractivity contribution in [3.05, 3.63) is 29.8 Å². The van der Waals surface area contributed by atoms with Crippen molar-refractivity contribution in [1.82, 2.24) is 5.32 Å². The van der Waals surface area contributed by atoms with E-state index in [0.29, 0.717) is 12.0 Å². The van der Waals surface area contributed by atoms with Gasteiger partial charge in [-0.1, -0.05) is 44.7 Å². The van der Waals surface area contributed by atoms with E-state index in [4.69, 9.17) is 5.73 Å². The molecule has 5 nitrogen and oxygen atoms in total. The maximum absolute atomic E-state index is 12.0. The van der Waals surface area contributed by atoms with Crippen LogP contribution in [0.5, 0.6) is 0 Å². The van der Waals surface area contributed by atoms with Crippen LogP contribution in [0.25, 0.3) is 0 Å². The third-order valence-corrected chi connectivity index (χ3v) is 4.22. The molecule has 5 heteroatoms. The number of aryl methyl sites for hydroxylation is 1. The van der Waals surface area contributed by atoms with E-state index >= 15 is 0 Å². The normalized spacial score (nSPS) is 16.7. The predicted octanol–water partition coefficient (Wildman–Crippen LogP) is 2.81. The summed E-state index contributed by atoms with van der Waals surface area (Å²) in [4.78, 5) is 16.1. The highest BCUT2D eigenvalue weighted by atomic mass is 16.1. The molecule has 0 aromatic heterocycles. The van der Waals surface area contributed by atoms with Crippen LogP contribution in [0.1, 0.15) is 51.0 Å². The van der Waals surface area contributed by atoms with Gasteiger partial charge in [0.1, 0.15) is 6.54 Å². The number of nitrogens with zero attached hydrogens (tertiary/aromatic N) is 1. The second-order valence-corrected chi connectivity index (χ2v) is 6.14. The van der Waals surface area contributed by atoms with E-state index in [0.717, 1.165) is 24.9 Å². The maximum atomic E-state index is 12.0. The predicted molar refractivity (Wildman–Crippen MR) is 95.6 cm³/mol. The Morgan fingerprint density at radius 2 is 2.00 bits per heavy atom. The number of nitrogens with two attached hydrogens (primary N) is 1. The Balaban J connectivity index is 1.79. The van der Waals surface area contributed by atoms with E-state index in [-0.39, 0.29) is 12.5 Å². The van der Waals surface area contributed by atoms with Gasteiger partial charge in [0.2, 0.25) is 5.91 Å². The van der Waals surface area contributed by atoms with Gasteiger partial charge in [-0.15, -0.1) is 0 Å². The zero-order chi connectivity index (χ0) is 16.5. The van der Waals surface area contributed by atoms with Crippen molar-refractivity contribution in [2.45, 2.75) is 57.9 Å². The number of amides is 1. The molecule has 0 aliphatic heterocycles. The fraction of sp³-hybridized carbons (Fsp3) is 0.556. The highest BCUT2D eigenvalue weighted by molar-refractivity contribution is 5.94. The third kappa shape index (κ3) is 6.30. The summed E-state index contributed by atoms with van der Waals surface area (Å²) in [5.41, 5.74) is 7.90. The fourth-order valence-electron chi connectivity index (χ4n) is 2.90. The number of rotatable bonds is 5. The van der Waals surface area contributed by atoms with Crippen LogP contribution in [0.4, 0.5) is 5.69 Å². The molecule has 0 atom stereocenters. The SMILES string of the molecule is CCc1cccc(NC(=O)CN=C(N)NC2CCCCCC2)c1. The largest absolute Gasteiger partial charge is 0.370 e. The summed E-state index contributed by atoms with van der Waals surface area (Å²) >= 11 is 0. The summed E-state index contributed by atoms with van der Waals surface area (Å²) in [5, 5.41) is 6.10. The Morgan fingerprint density at radius 1 is 1.26 bits per heavy atom. The molecule has 126 valence electrons. The fourth-order valence-corrected chi connectivity index (χ4v) is 2.90. The van der Waals surface area contributed by atoms with Crippen LogP contribution in [0.15, 0.2) is 29.3 Å². The molecule has 1 aromatic rings. The van der Waals surface area contributed by atoms with Crippen molar-refractivity contribution in [2.24, 2.45) is 10.7 Å². The van der Waals surface area contributed by atoms with Crippen LogP contribution in [0.2, 0.25) is 0 Å². The van der Waals surface area contributed by atoms with E-state index in [9.17, 15) is 4.79 Å². The second-order valence-electron chi connectivity index (χ2n) is 6.14. The summed E-state index contributed by atoms with van der Waals surface area (Å²) in [7, 11) is 0. The Kier molecular flexibility index (Phi) is 6.91. The van der Waals surface area contributed by atoms with Gasteiger partial charge >= 0.3 is 0 Å². The van der Waals surface area contributed by atoms with Crippen LogP contribution in [-0.4, -0.2) is 24.5 Å². The van der Waals surface area contributed by atoms with E-state index in [1.54, 1.807) is 0 Å². The van der Waals surface area contributed by atoms with Crippen molar-refractivity contribution in [3.8, 4) is 0 Å². The molecule has 0 radical (unpaired) electrons. The Morgan fingerprint density at radius 3 is 2.70 bits per heavy atom. The highest BCUT2D eigenvalue weighted by Crippen LogP contribution is 2.17. The van der Waals surface area contributed by atoms with Crippen LogP contribution in [-0.2, 0) is 11.2 Å². The van der Waals surface area contributed by atoms with Gasteiger partial charge in [-0.2, -0.15) is 0 Å². The second kappa shape index (κ2) is 9.18. The lowest BCUT2D eigenvalue weighted by Gasteiger charge is -2.16. The molecule has 4 N–H and O–H groups in total. The van der Waals surface area contributed by atoms with Crippen LogP contribution in [0.3, 0.4) is 0 Å². The van der Waals surface area contributed by atoms with Crippen molar-refractivity contribution >= 4 is 17.6 Å². The van der Waals surface area contributed by atoms with Crippen LogP contribution < -0.4 is 16.4 Å². The van der Waals surface area contributed by atoms with Gasteiger partial charge in [-0.3, -0.25) is 4.79 Å². The van der Waals surface area contributed by atoms with E-state index < -0.39 is 0 Å². The lowest BCUT2D eigenvalue weighted by Crippen LogP contribution is -2.40. The van der Waals surface area contributed by atoms with Gasteiger partial charge in [0.05, 0.1) is 0 Å². The zero-order valence-electron chi connectivity index (χ0n) is 14.0. The number of hydrogen-bond acceptors (Lipinski definition) is 2. The highest BCUT2D eigenvalue weighted by Gasteiger charge is 2.12. The molecule has 1 aromatic carbocycles. The van der Waals surface area contributed by atoms with Crippen molar-refractivity contribution in [2.75, 3.05) is 11.9 Å². The summed E-state index contributed by atoms with van der Waals surface area (Å²) in [6.45, 7) is 2.13. The number of benzene rings is 1. The quantitative estimate of drug-likeness (QED) is 0.444. The van der Waals surface area contributed by atoms with Crippen LogP contribution in [0, 0.1) is 0 Å². The standard InChI is InChI=1S/C18H28N4O/c1-2-14-8-7-11-16(12-14)21-17(23)13-20-18(19)22-15-9-5-3-4-6-10-15/h7-8,11-12,15H,2-6,9-10,13H2,1H3,(H,21,23)(H3,19,20,22). The molecule has 0 unspecified atom stereocenters. The van der Waals surface area contributed by atoms with E-state index in [2.05, 4.69) is 22.5 Å². The molecule has 0 saturated heterocycles. The molecule has 23 heavy (non-hydrogen) atoms. The minimum Gasteiger partial charge on any atom is -0.370 e. The van der Waals surface area contributed by atoms with E-state index in [1.165, 1.54) is 31.2 Å². The Bertz CT molecular complexity index is 534. The smallest absolute Gasteiger partial charge is 0.246 e. The first-order valence-corrected chi connectivity index (χ1v) is 8.62. The van der Waals surface area contributed by atoms with Gasteiger partial charge in [0, 0.05) is 11.7 Å². The summed E-state index contributed by atoms with van der Waals surface area (Å²) in [6, 6.07) is 8.25. The first kappa shape index (κ1) is 17.3. The summed E-state index contributed by atoms with van der Waals surface area (Å²) < 4.78 is 0.